The van der Waals surface area contributed by atoms with Crippen LogP contribution < -0.4 is 30.5 Å². The second kappa shape index (κ2) is 14.8. The van der Waals surface area contributed by atoms with Gasteiger partial charge < -0.3 is 9.80 Å². The molecule has 0 aliphatic carbocycles. The molecule has 2 nitrogen and oxygen atoms in total. The van der Waals surface area contributed by atoms with E-state index in [4.69, 9.17) is 0 Å². The monoisotopic (exact) mass is 812 g/mol. The number of fused-ring (bicyclic) bond motifs is 4. The van der Waals surface area contributed by atoms with E-state index in [1.165, 1.54) is 88.0 Å². The summed E-state index contributed by atoms with van der Waals surface area (Å²) in [7, 11) is -2.78. The van der Waals surface area contributed by atoms with Crippen LogP contribution in [0.4, 0.5) is 34.1 Å². The average molecular weight is 813 g/mol. The summed E-state index contributed by atoms with van der Waals surface area (Å²) >= 11 is 0. The normalized spacial score (nSPS) is 14.3. The Kier molecular flexibility index (Phi) is 8.99. The van der Waals surface area contributed by atoms with E-state index in [-0.39, 0.29) is 0 Å². The summed E-state index contributed by atoms with van der Waals surface area (Å²) in [4.78, 5) is 5.03. The highest BCUT2D eigenvalue weighted by Crippen LogP contribution is 2.58. The lowest BCUT2D eigenvalue weighted by Crippen LogP contribution is -2.77. The Bertz CT molecular complexity index is 2930. The molecule has 62 heavy (non-hydrogen) atoms. The van der Waals surface area contributed by atoms with Crippen LogP contribution in [0.5, 0.6) is 0 Å². The zero-order valence-corrected chi connectivity index (χ0v) is 36.7. The Morgan fingerprint density at radius 1 is 0.323 bits per heavy atom. The zero-order valence-electron chi connectivity index (χ0n) is 35.7. The summed E-state index contributed by atoms with van der Waals surface area (Å²) in [6.45, 7) is 8.82. The molecule has 0 aromatic heterocycles. The van der Waals surface area contributed by atoms with E-state index in [1.54, 1.807) is 0 Å². The molecule has 0 amide bonds. The third-order valence-electron chi connectivity index (χ3n) is 13.4. The Balaban J connectivity index is 1.15. The molecule has 298 valence electrons. The Morgan fingerprint density at radius 2 is 0.710 bits per heavy atom. The quantitative estimate of drug-likeness (QED) is 0.154. The van der Waals surface area contributed by atoms with E-state index in [2.05, 4.69) is 256 Å². The molecule has 3 heteroatoms. The van der Waals surface area contributed by atoms with Crippen molar-refractivity contribution in [3.63, 3.8) is 0 Å². The fourth-order valence-corrected chi connectivity index (χ4v) is 15.8. The summed E-state index contributed by atoms with van der Waals surface area (Å²) in [5.41, 5.74) is 16.6. The van der Waals surface area contributed by atoms with E-state index in [0.29, 0.717) is 0 Å². The molecule has 2 aliphatic heterocycles. The number of aryl methyl sites for hydroxylation is 4. The molecule has 2 heterocycles. The Morgan fingerprint density at radius 3 is 1.16 bits per heavy atom. The fourth-order valence-electron chi connectivity index (χ4n) is 10.7. The predicted octanol–water partition coefficient (Wildman–Crippen LogP) is 12.2. The number of anilines is 6. The van der Waals surface area contributed by atoms with Crippen LogP contribution in [0.3, 0.4) is 0 Å². The van der Waals surface area contributed by atoms with Crippen LogP contribution >= 0.6 is 0 Å². The molecule has 0 saturated heterocycles. The van der Waals surface area contributed by atoms with E-state index >= 15 is 0 Å². The van der Waals surface area contributed by atoms with Gasteiger partial charge in [0.05, 0.1) is 16.8 Å². The van der Waals surface area contributed by atoms with Gasteiger partial charge in [-0.05, 0) is 113 Å². The lowest BCUT2D eigenvalue weighted by molar-refractivity contribution is 0.729. The number of rotatable bonds is 6. The van der Waals surface area contributed by atoms with Gasteiger partial charge in [0.15, 0.2) is 8.07 Å². The number of benzene rings is 9. The van der Waals surface area contributed by atoms with Crippen molar-refractivity contribution in [3.8, 4) is 0 Å². The first-order valence-corrected chi connectivity index (χ1v) is 23.8. The molecule has 0 saturated carbocycles. The summed E-state index contributed by atoms with van der Waals surface area (Å²) in [5, 5.41) is 5.58. The van der Waals surface area contributed by atoms with Gasteiger partial charge in [0.1, 0.15) is 0 Å². The average Bonchev–Trinajstić information content (AvgIpc) is 3.31. The highest BCUT2D eigenvalue weighted by molar-refractivity contribution is 7.21. The molecule has 11 rings (SSSR count). The van der Waals surface area contributed by atoms with Gasteiger partial charge in [-0.2, -0.15) is 0 Å². The highest BCUT2D eigenvalue weighted by Gasteiger charge is 2.50. The largest absolute Gasteiger partial charge is 0.311 e. The molecule has 9 aromatic rings. The van der Waals surface area contributed by atoms with Gasteiger partial charge in [-0.25, -0.2) is 0 Å². The zero-order chi connectivity index (χ0) is 42.0. The van der Waals surface area contributed by atoms with Crippen LogP contribution in [0.1, 0.15) is 44.5 Å². The predicted molar refractivity (Wildman–Crippen MR) is 264 cm³/mol. The van der Waals surface area contributed by atoms with Crippen LogP contribution in [-0.4, -0.2) is 8.07 Å². The van der Waals surface area contributed by atoms with Gasteiger partial charge >= 0.3 is 0 Å². The minimum atomic E-state index is -2.78. The van der Waals surface area contributed by atoms with Gasteiger partial charge in [-0.15, -0.1) is 0 Å². The number of nitrogens with zero attached hydrogens (tertiary/aromatic N) is 2. The molecule has 0 spiro atoms. The molecule has 0 unspecified atom stereocenters. The van der Waals surface area contributed by atoms with Gasteiger partial charge in [-0.1, -0.05) is 198 Å². The van der Waals surface area contributed by atoms with Crippen molar-refractivity contribution in [1.29, 1.82) is 0 Å². The highest BCUT2D eigenvalue weighted by atomic mass is 28.3. The molecular formula is C59H48N2Si. The van der Waals surface area contributed by atoms with Crippen LogP contribution in [-0.2, 0) is 5.41 Å². The third kappa shape index (κ3) is 5.62. The molecule has 0 N–H and O–H groups in total. The van der Waals surface area contributed by atoms with Gasteiger partial charge in [0.25, 0.3) is 0 Å². The lowest BCUT2D eigenvalue weighted by Gasteiger charge is -2.47. The van der Waals surface area contributed by atoms with E-state index < -0.39 is 13.5 Å². The molecule has 0 fully saturated rings. The van der Waals surface area contributed by atoms with Crippen molar-refractivity contribution in [2.75, 3.05) is 9.80 Å². The van der Waals surface area contributed by atoms with Crippen molar-refractivity contribution in [2.24, 2.45) is 0 Å². The first-order valence-electron chi connectivity index (χ1n) is 21.8. The molecule has 0 atom stereocenters. The summed E-state index contributed by atoms with van der Waals surface area (Å²) in [6.07, 6.45) is 0. The Labute approximate surface area is 367 Å². The topological polar surface area (TPSA) is 6.48 Å². The second-order valence-corrected chi connectivity index (χ2v) is 21.0. The molecule has 0 bridgehead atoms. The van der Waals surface area contributed by atoms with Crippen LogP contribution in [0.15, 0.2) is 218 Å². The van der Waals surface area contributed by atoms with Gasteiger partial charge in [-0.3, -0.25) is 0 Å². The smallest absolute Gasteiger partial charge is 0.184 e. The van der Waals surface area contributed by atoms with Crippen molar-refractivity contribution in [1.82, 2.24) is 0 Å². The molecule has 0 radical (unpaired) electrons. The molecule has 2 aliphatic rings. The molecular weight excluding hydrogens is 765 g/mol. The third-order valence-corrected chi connectivity index (χ3v) is 18.3. The summed E-state index contributed by atoms with van der Waals surface area (Å²) in [5.74, 6) is 0. The minimum absolute atomic E-state index is 0.538. The lowest BCUT2D eigenvalue weighted by atomic mass is 9.62. The van der Waals surface area contributed by atoms with E-state index in [9.17, 15) is 0 Å². The van der Waals surface area contributed by atoms with Crippen molar-refractivity contribution >= 4 is 62.9 Å². The molecule has 9 aromatic carbocycles. The van der Waals surface area contributed by atoms with Crippen molar-refractivity contribution in [3.05, 3.63) is 263 Å². The number of hydrogen-bond donors (Lipinski definition) is 0. The van der Waals surface area contributed by atoms with Crippen molar-refractivity contribution in [2.45, 2.75) is 33.1 Å². The van der Waals surface area contributed by atoms with E-state index in [0.717, 1.165) is 11.4 Å². The first kappa shape index (κ1) is 37.8. The van der Waals surface area contributed by atoms with Crippen molar-refractivity contribution < 1.29 is 0 Å². The maximum absolute atomic E-state index is 2.78. The van der Waals surface area contributed by atoms with E-state index in [1.807, 2.05) is 0 Å². The van der Waals surface area contributed by atoms with Crippen LogP contribution in [0, 0.1) is 27.7 Å². The fraction of sp³-hybridized carbons (Fsp3) is 0.0847. The van der Waals surface area contributed by atoms with Crippen LogP contribution in [0.2, 0.25) is 0 Å². The second-order valence-electron chi connectivity index (χ2n) is 17.2. The number of hydrogen-bond acceptors (Lipinski definition) is 2. The maximum atomic E-state index is 2.52. The number of para-hydroxylation sites is 2. The SMILES string of the molecule is Cc1ccc([Si]2(c3ccc(C)cc3)c3ccccc3N(c3cccc(N4c5ccc(C)cc5C(c5ccccc5)(c5ccccc5)c5cc(C)ccc54)c3)c3ccccc32)cc1. The minimum Gasteiger partial charge on any atom is -0.311 e. The summed E-state index contributed by atoms with van der Waals surface area (Å²) in [6, 6.07) is 82.7. The summed E-state index contributed by atoms with van der Waals surface area (Å²) < 4.78 is 0. The van der Waals surface area contributed by atoms with Gasteiger partial charge in [0, 0.05) is 22.7 Å². The van der Waals surface area contributed by atoms with Crippen LogP contribution in [0.25, 0.3) is 0 Å². The van der Waals surface area contributed by atoms with Gasteiger partial charge in [0.2, 0.25) is 0 Å². The first-order chi connectivity index (χ1) is 30.4. The maximum Gasteiger partial charge on any atom is 0.184 e. The standard InChI is InChI=1S/C59H48N2Si/c1-41-26-32-49(33-27-41)62(50-34-28-42(2)29-35-50)57-24-13-11-22-55(57)61(56-23-12-14-25-58(56)62)48-21-15-20-47(40-48)60-53-36-30-43(3)38-51(53)59(45-16-7-5-8-17-45,46-18-9-6-10-19-46)52-39-44(4)31-37-54(52)60/h5-40H,1-4H3. The Hall–Kier alpha value is -7.20.